The highest BCUT2D eigenvalue weighted by molar-refractivity contribution is 7.12. The number of carbonyl (C=O) groups is 1. The second-order valence-electron chi connectivity index (χ2n) is 6.54. The van der Waals surface area contributed by atoms with Gasteiger partial charge in [0.25, 0.3) is 5.91 Å². The van der Waals surface area contributed by atoms with E-state index in [0.717, 1.165) is 47.6 Å². The lowest BCUT2D eigenvalue weighted by Gasteiger charge is -2.21. The molecule has 1 aliphatic rings. The van der Waals surface area contributed by atoms with E-state index >= 15 is 0 Å². The van der Waals surface area contributed by atoms with Crippen LogP contribution in [0.15, 0.2) is 60.0 Å². The maximum Gasteiger partial charge on any atom is 0.266 e. The van der Waals surface area contributed by atoms with Crippen molar-refractivity contribution in [1.29, 1.82) is 0 Å². The van der Waals surface area contributed by atoms with Crippen LogP contribution in [0.1, 0.15) is 33.3 Å². The van der Waals surface area contributed by atoms with Gasteiger partial charge in [-0.15, -0.1) is 11.3 Å². The van der Waals surface area contributed by atoms with Crippen LogP contribution in [-0.2, 0) is 19.4 Å². The topological polar surface area (TPSA) is 32.3 Å². The van der Waals surface area contributed by atoms with Crippen molar-refractivity contribution in [3.05, 3.63) is 81.5 Å². The van der Waals surface area contributed by atoms with Gasteiger partial charge in [-0.25, -0.2) is 0 Å². The molecule has 1 aromatic heterocycles. The van der Waals surface area contributed by atoms with Crippen LogP contribution in [0.5, 0.6) is 0 Å². The lowest BCUT2D eigenvalue weighted by atomic mass is 10.1. The van der Waals surface area contributed by atoms with Crippen LogP contribution in [0.25, 0.3) is 0 Å². The number of fused-ring (bicyclic) bond motifs is 1. The molecule has 2 heterocycles. The molecule has 2 aromatic carbocycles. The Morgan fingerprint density at radius 1 is 1.08 bits per heavy atom. The Morgan fingerprint density at radius 2 is 1.88 bits per heavy atom. The Balaban J connectivity index is 1.55. The first-order chi connectivity index (χ1) is 12.8. The molecule has 4 heteroatoms. The van der Waals surface area contributed by atoms with E-state index < -0.39 is 0 Å². The fourth-order valence-corrected chi connectivity index (χ4v) is 4.44. The van der Waals surface area contributed by atoms with Gasteiger partial charge in [0.1, 0.15) is 0 Å². The average molecular weight is 362 g/mol. The zero-order chi connectivity index (χ0) is 17.9. The molecule has 0 bridgehead atoms. The molecule has 132 valence electrons. The van der Waals surface area contributed by atoms with E-state index in [0.29, 0.717) is 0 Å². The van der Waals surface area contributed by atoms with E-state index in [9.17, 15) is 4.79 Å². The van der Waals surface area contributed by atoms with Crippen molar-refractivity contribution >= 4 is 28.6 Å². The number of amides is 1. The van der Waals surface area contributed by atoms with Crippen molar-refractivity contribution in [3.63, 3.8) is 0 Å². The molecule has 0 fully saturated rings. The van der Waals surface area contributed by atoms with Crippen LogP contribution in [0.3, 0.4) is 0 Å². The van der Waals surface area contributed by atoms with E-state index in [1.807, 2.05) is 29.6 Å². The smallest absolute Gasteiger partial charge is 0.266 e. The number of para-hydroxylation sites is 2. The summed E-state index contributed by atoms with van der Waals surface area (Å²) in [5.41, 5.74) is 5.86. The van der Waals surface area contributed by atoms with Gasteiger partial charge < -0.3 is 10.2 Å². The van der Waals surface area contributed by atoms with E-state index in [1.165, 1.54) is 22.6 Å². The molecular weight excluding hydrogens is 340 g/mol. The van der Waals surface area contributed by atoms with Crippen molar-refractivity contribution in [2.24, 2.45) is 0 Å². The van der Waals surface area contributed by atoms with Gasteiger partial charge in [0, 0.05) is 24.5 Å². The average Bonchev–Trinajstić information content (AvgIpc) is 3.30. The Morgan fingerprint density at radius 3 is 2.77 bits per heavy atom. The second kappa shape index (κ2) is 7.34. The molecule has 4 rings (SSSR count). The van der Waals surface area contributed by atoms with Gasteiger partial charge >= 0.3 is 0 Å². The number of benzene rings is 2. The minimum atomic E-state index is -0.00822. The molecule has 1 N–H and O–H groups in total. The Hall–Kier alpha value is -2.59. The summed E-state index contributed by atoms with van der Waals surface area (Å²) in [6.07, 6.45) is 1.96. The summed E-state index contributed by atoms with van der Waals surface area (Å²) in [6.45, 7) is 3.91. The third kappa shape index (κ3) is 3.25. The van der Waals surface area contributed by atoms with E-state index in [-0.39, 0.29) is 5.91 Å². The minimum absolute atomic E-state index is 0.00822. The van der Waals surface area contributed by atoms with Crippen LogP contribution in [0, 0.1) is 0 Å². The molecule has 0 saturated heterocycles. The van der Waals surface area contributed by atoms with Gasteiger partial charge in [-0.2, -0.15) is 0 Å². The number of nitrogens with one attached hydrogen (secondary N) is 1. The first kappa shape index (κ1) is 16.9. The molecule has 0 saturated carbocycles. The number of aryl methyl sites for hydroxylation is 1. The van der Waals surface area contributed by atoms with Crippen LogP contribution in [0.2, 0.25) is 0 Å². The first-order valence-electron chi connectivity index (χ1n) is 9.04. The van der Waals surface area contributed by atoms with Gasteiger partial charge in [0.15, 0.2) is 0 Å². The number of hydrogen-bond donors (Lipinski definition) is 1. The zero-order valence-corrected chi connectivity index (χ0v) is 15.7. The highest BCUT2D eigenvalue weighted by Gasteiger charge is 2.20. The third-order valence-electron chi connectivity index (χ3n) is 4.94. The normalized spacial score (nSPS) is 12.9. The van der Waals surface area contributed by atoms with Gasteiger partial charge in [0.05, 0.1) is 4.88 Å². The predicted octanol–water partition coefficient (Wildman–Crippen LogP) is 5.13. The van der Waals surface area contributed by atoms with Gasteiger partial charge in [-0.1, -0.05) is 43.3 Å². The summed E-state index contributed by atoms with van der Waals surface area (Å²) < 4.78 is 0. The molecule has 1 aliphatic heterocycles. The van der Waals surface area contributed by atoms with E-state index in [1.54, 1.807) is 0 Å². The lowest BCUT2D eigenvalue weighted by molar-refractivity contribution is 0.102. The summed E-state index contributed by atoms with van der Waals surface area (Å²) in [5, 5.41) is 5.12. The number of carbonyl (C=O) groups excluding carboxylic acids is 1. The first-order valence-corrected chi connectivity index (χ1v) is 9.92. The SMILES string of the molecule is CCc1ccsc1C(=O)Nc1ccccc1CN1CCc2ccccc21. The monoisotopic (exact) mass is 362 g/mol. The summed E-state index contributed by atoms with van der Waals surface area (Å²) in [6, 6.07) is 18.7. The third-order valence-corrected chi connectivity index (χ3v) is 5.90. The standard InChI is InChI=1S/C22H22N2OS/c1-2-16-12-14-26-21(16)22(25)23-19-9-5-3-8-18(19)15-24-13-11-17-7-4-6-10-20(17)24/h3-10,12,14H,2,11,13,15H2,1H3,(H,23,25). The highest BCUT2D eigenvalue weighted by atomic mass is 32.1. The minimum Gasteiger partial charge on any atom is -0.367 e. The van der Waals surface area contributed by atoms with Crippen molar-refractivity contribution in [3.8, 4) is 0 Å². The predicted molar refractivity (Wildman–Crippen MR) is 109 cm³/mol. The Labute approximate surface area is 158 Å². The molecule has 3 nitrogen and oxygen atoms in total. The molecular formula is C22H22N2OS. The summed E-state index contributed by atoms with van der Waals surface area (Å²) >= 11 is 1.51. The van der Waals surface area contributed by atoms with Crippen LogP contribution >= 0.6 is 11.3 Å². The molecule has 0 unspecified atom stereocenters. The second-order valence-corrected chi connectivity index (χ2v) is 7.46. The maximum absolute atomic E-state index is 12.7. The van der Waals surface area contributed by atoms with Gasteiger partial charge in [-0.3, -0.25) is 4.79 Å². The fourth-order valence-electron chi connectivity index (χ4n) is 3.55. The van der Waals surface area contributed by atoms with Gasteiger partial charge in [0.2, 0.25) is 0 Å². The van der Waals surface area contributed by atoms with E-state index in [2.05, 4.69) is 47.5 Å². The molecule has 1 amide bonds. The van der Waals surface area contributed by atoms with E-state index in [4.69, 9.17) is 0 Å². The Kier molecular flexibility index (Phi) is 4.76. The number of thiophene rings is 1. The molecule has 26 heavy (non-hydrogen) atoms. The summed E-state index contributed by atoms with van der Waals surface area (Å²) in [5.74, 6) is -0.00822. The van der Waals surface area contributed by atoms with Crippen molar-refractivity contribution < 1.29 is 4.79 Å². The molecule has 0 radical (unpaired) electrons. The molecule has 3 aromatic rings. The quantitative estimate of drug-likeness (QED) is 0.683. The number of nitrogens with zero attached hydrogens (tertiary/aromatic N) is 1. The van der Waals surface area contributed by atoms with Crippen molar-refractivity contribution in [2.45, 2.75) is 26.3 Å². The maximum atomic E-state index is 12.7. The number of rotatable bonds is 5. The van der Waals surface area contributed by atoms with Crippen LogP contribution in [-0.4, -0.2) is 12.5 Å². The molecule has 0 spiro atoms. The number of hydrogen-bond acceptors (Lipinski definition) is 3. The highest BCUT2D eigenvalue weighted by Crippen LogP contribution is 2.30. The van der Waals surface area contributed by atoms with Crippen LogP contribution in [0.4, 0.5) is 11.4 Å². The molecule has 0 atom stereocenters. The summed E-state index contributed by atoms with van der Waals surface area (Å²) in [4.78, 5) is 15.9. The summed E-state index contributed by atoms with van der Waals surface area (Å²) in [7, 11) is 0. The lowest BCUT2D eigenvalue weighted by Crippen LogP contribution is -2.21. The fraction of sp³-hybridized carbons (Fsp3) is 0.227. The van der Waals surface area contributed by atoms with Crippen molar-refractivity contribution in [1.82, 2.24) is 0 Å². The largest absolute Gasteiger partial charge is 0.367 e. The molecule has 0 aliphatic carbocycles. The number of anilines is 2. The van der Waals surface area contributed by atoms with Crippen molar-refractivity contribution in [2.75, 3.05) is 16.8 Å². The van der Waals surface area contributed by atoms with Gasteiger partial charge in [-0.05, 0) is 53.1 Å². The zero-order valence-electron chi connectivity index (χ0n) is 14.9. The Bertz CT molecular complexity index is 931. The van der Waals surface area contributed by atoms with Crippen LogP contribution < -0.4 is 10.2 Å².